The van der Waals surface area contributed by atoms with Gasteiger partial charge in [0, 0.05) is 12.6 Å². The number of nitrogens with one attached hydrogen (secondary N) is 1. The molecule has 1 aliphatic rings. The Morgan fingerprint density at radius 1 is 1.39 bits per heavy atom. The Labute approximate surface area is 105 Å². The average Bonchev–Trinajstić information content (AvgIpc) is 2.28. The summed E-state index contributed by atoms with van der Waals surface area (Å²) < 4.78 is 34.1. The van der Waals surface area contributed by atoms with Crippen LogP contribution in [0.25, 0.3) is 0 Å². The summed E-state index contributed by atoms with van der Waals surface area (Å²) in [5.74, 6) is 1.41. The summed E-state index contributed by atoms with van der Waals surface area (Å²) >= 11 is 0. The van der Waals surface area contributed by atoms with Crippen LogP contribution in [0.2, 0.25) is 0 Å². The molecule has 1 aliphatic carbocycles. The highest BCUT2D eigenvalue weighted by molar-refractivity contribution is 5.59. The van der Waals surface area contributed by atoms with Gasteiger partial charge >= 0.3 is 6.61 Å². The molecule has 1 aromatic carbocycles. The maximum Gasteiger partial charge on any atom is 0.387 e. The van der Waals surface area contributed by atoms with Gasteiger partial charge in [0.25, 0.3) is 0 Å². The zero-order valence-electron chi connectivity index (χ0n) is 10.3. The van der Waals surface area contributed by atoms with Crippen LogP contribution in [0.15, 0.2) is 18.2 Å². The second-order valence-electron chi connectivity index (χ2n) is 4.42. The normalized spacial score (nSPS) is 15.3. The van der Waals surface area contributed by atoms with Crippen LogP contribution in [-0.2, 0) is 0 Å². The summed E-state index contributed by atoms with van der Waals surface area (Å²) in [6.45, 7) is -2.03. The molecule has 0 atom stereocenters. The predicted molar refractivity (Wildman–Crippen MR) is 65.5 cm³/mol. The van der Waals surface area contributed by atoms with E-state index < -0.39 is 6.61 Å². The van der Waals surface area contributed by atoms with E-state index in [1.54, 1.807) is 19.2 Å². The lowest BCUT2D eigenvalue weighted by atomic mass is 9.85. The molecular formula is C13H17F2NO2. The summed E-state index contributed by atoms with van der Waals surface area (Å²) in [4.78, 5) is 0. The number of alkyl halides is 2. The van der Waals surface area contributed by atoms with E-state index in [0.29, 0.717) is 17.4 Å². The molecule has 0 heterocycles. The van der Waals surface area contributed by atoms with E-state index in [9.17, 15) is 8.78 Å². The van der Waals surface area contributed by atoms with Crippen molar-refractivity contribution in [3.63, 3.8) is 0 Å². The van der Waals surface area contributed by atoms with Gasteiger partial charge in [-0.05, 0) is 30.9 Å². The molecule has 18 heavy (non-hydrogen) atoms. The van der Waals surface area contributed by atoms with Crippen molar-refractivity contribution in [1.82, 2.24) is 0 Å². The lowest BCUT2D eigenvalue weighted by Crippen LogP contribution is -2.21. The molecule has 0 bridgehead atoms. The van der Waals surface area contributed by atoms with E-state index in [1.807, 2.05) is 0 Å². The highest BCUT2D eigenvalue weighted by Crippen LogP contribution is 2.32. The van der Waals surface area contributed by atoms with Gasteiger partial charge in [0.05, 0.1) is 12.8 Å². The number of anilines is 1. The van der Waals surface area contributed by atoms with E-state index >= 15 is 0 Å². The Kier molecular flexibility index (Phi) is 4.23. The molecule has 0 unspecified atom stereocenters. The minimum Gasteiger partial charge on any atom is -0.497 e. The summed E-state index contributed by atoms with van der Waals surface area (Å²) in [6, 6.07) is 4.77. The molecule has 0 aliphatic heterocycles. The van der Waals surface area contributed by atoms with E-state index in [0.717, 1.165) is 6.54 Å². The van der Waals surface area contributed by atoms with Gasteiger partial charge < -0.3 is 14.8 Å². The van der Waals surface area contributed by atoms with Gasteiger partial charge in [0.2, 0.25) is 0 Å². The Hall–Kier alpha value is -1.52. The maximum atomic E-state index is 12.3. The van der Waals surface area contributed by atoms with Gasteiger partial charge in [-0.2, -0.15) is 8.78 Å². The molecule has 0 amide bonds. The molecule has 1 fully saturated rings. The van der Waals surface area contributed by atoms with Gasteiger partial charge in [0.1, 0.15) is 11.5 Å². The third kappa shape index (κ3) is 3.24. The Morgan fingerprint density at radius 2 is 2.17 bits per heavy atom. The van der Waals surface area contributed by atoms with Crippen LogP contribution in [0.5, 0.6) is 11.5 Å². The van der Waals surface area contributed by atoms with Crippen LogP contribution >= 0.6 is 0 Å². The minimum atomic E-state index is -2.82. The molecule has 3 nitrogen and oxygen atoms in total. The smallest absolute Gasteiger partial charge is 0.387 e. The van der Waals surface area contributed by atoms with Gasteiger partial charge in [0.15, 0.2) is 0 Å². The largest absolute Gasteiger partial charge is 0.497 e. The second-order valence-corrected chi connectivity index (χ2v) is 4.42. The van der Waals surface area contributed by atoms with Crippen LogP contribution in [0.1, 0.15) is 19.3 Å². The number of ether oxygens (including phenoxy) is 2. The average molecular weight is 257 g/mol. The molecule has 1 aromatic rings. The molecule has 0 aromatic heterocycles. The first-order valence-corrected chi connectivity index (χ1v) is 6.05. The number of halogens is 2. The Morgan fingerprint density at radius 3 is 2.72 bits per heavy atom. The maximum absolute atomic E-state index is 12.3. The molecule has 0 saturated heterocycles. The van der Waals surface area contributed by atoms with Crippen molar-refractivity contribution in [3.05, 3.63) is 18.2 Å². The van der Waals surface area contributed by atoms with E-state index in [-0.39, 0.29) is 5.75 Å². The number of hydrogen-bond acceptors (Lipinski definition) is 3. The van der Waals surface area contributed by atoms with Gasteiger partial charge in [-0.25, -0.2) is 0 Å². The number of methoxy groups -OCH3 is 1. The zero-order valence-corrected chi connectivity index (χ0v) is 10.3. The number of benzene rings is 1. The zero-order chi connectivity index (χ0) is 13.0. The van der Waals surface area contributed by atoms with E-state index in [4.69, 9.17) is 4.74 Å². The number of rotatable bonds is 6. The highest BCUT2D eigenvalue weighted by atomic mass is 19.3. The first-order valence-electron chi connectivity index (χ1n) is 6.05. The fraction of sp³-hybridized carbons (Fsp3) is 0.538. The minimum absolute atomic E-state index is 0.158. The predicted octanol–water partition coefficient (Wildman–Crippen LogP) is 3.51. The van der Waals surface area contributed by atoms with Gasteiger partial charge in [-0.1, -0.05) is 6.42 Å². The van der Waals surface area contributed by atoms with E-state index in [2.05, 4.69) is 10.1 Å². The molecule has 5 heteroatoms. The second kappa shape index (κ2) is 5.89. The Balaban J connectivity index is 2.06. The molecule has 100 valence electrons. The monoisotopic (exact) mass is 257 g/mol. The fourth-order valence-electron chi connectivity index (χ4n) is 1.92. The van der Waals surface area contributed by atoms with Crippen molar-refractivity contribution in [2.75, 3.05) is 19.0 Å². The SMILES string of the molecule is COc1ccc(OC(F)F)c(NCC2CCC2)c1. The fourth-order valence-corrected chi connectivity index (χ4v) is 1.92. The standard InChI is InChI=1S/C13H17F2NO2/c1-17-10-5-6-12(18-13(14)15)11(7-10)16-8-9-3-2-4-9/h5-7,9,13,16H,2-4,8H2,1H3. The van der Waals surface area contributed by atoms with Crippen molar-refractivity contribution in [2.45, 2.75) is 25.9 Å². The first kappa shape index (κ1) is 12.9. The van der Waals surface area contributed by atoms with Crippen LogP contribution in [0.3, 0.4) is 0 Å². The van der Waals surface area contributed by atoms with Crippen molar-refractivity contribution in [1.29, 1.82) is 0 Å². The van der Waals surface area contributed by atoms with Crippen LogP contribution < -0.4 is 14.8 Å². The summed E-state index contributed by atoms with van der Waals surface area (Å²) in [5, 5.41) is 3.16. The third-order valence-electron chi connectivity index (χ3n) is 3.21. The van der Waals surface area contributed by atoms with Crippen molar-refractivity contribution >= 4 is 5.69 Å². The van der Waals surface area contributed by atoms with Gasteiger partial charge in [-0.15, -0.1) is 0 Å². The van der Waals surface area contributed by atoms with Crippen molar-refractivity contribution in [2.24, 2.45) is 5.92 Å². The van der Waals surface area contributed by atoms with Crippen LogP contribution in [0.4, 0.5) is 14.5 Å². The van der Waals surface area contributed by atoms with Crippen LogP contribution in [0, 0.1) is 5.92 Å². The molecule has 0 spiro atoms. The number of hydrogen-bond donors (Lipinski definition) is 1. The molecule has 0 radical (unpaired) electrons. The molecular weight excluding hydrogens is 240 g/mol. The quantitative estimate of drug-likeness (QED) is 0.846. The summed E-state index contributed by atoms with van der Waals surface area (Å²) in [5.41, 5.74) is 0.557. The first-order chi connectivity index (χ1) is 8.69. The van der Waals surface area contributed by atoms with Crippen molar-refractivity contribution in [3.8, 4) is 11.5 Å². The Bertz CT molecular complexity index is 395. The molecule has 2 rings (SSSR count). The molecule has 1 saturated carbocycles. The summed E-state index contributed by atoms with van der Waals surface area (Å²) in [7, 11) is 1.54. The molecule has 1 N–H and O–H groups in total. The highest BCUT2D eigenvalue weighted by Gasteiger charge is 2.18. The van der Waals surface area contributed by atoms with Gasteiger partial charge in [-0.3, -0.25) is 0 Å². The summed E-state index contributed by atoms with van der Waals surface area (Å²) in [6.07, 6.45) is 3.65. The van der Waals surface area contributed by atoms with Crippen LogP contribution in [-0.4, -0.2) is 20.3 Å². The third-order valence-corrected chi connectivity index (χ3v) is 3.21. The lowest BCUT2D eigenvalue weighted by molar-refractivity contribution is -0.0494. The van der Waals surface area contributed by atoms with E-state index in [1.165, 1.54) is 25.3 Å². The topological polar surface area (TPSA) is 30.5 Å². The lowest BCUT2D eigenvalue weighted by Gasteiger charge is -2.26. The van der Waals surface area contributed by atoms with Crippen molar-refractivity contribution < 1.29 is 18.3 Å².